The van der Waals surface area contributed by atoms with Crippen molar-refractivity contribution in [3.63, 3.8) is 0 Å². The Kier molecular flexibility index (Phi) is 3.92. The van der Waals surface area contributed by atoms with Crippen LogP contribution in [-0.2, 0) is 25.3 Å². The predicted octanol–water partition coefficient (Wildman–Crippen LogP) is 1.94. The van der Waals surface area contributed by atoms with Gasteiger partial charge in [0.05, 0.1) is 36.4 Å². The van der Waals surface area contributed by atoms with Gasteiger partial charge in [-0.3, -0.25) is 9.48 Å². The van der Waals surface area contributed by atoms with E-state index in [1.54, 1.807) is 17.2 Å². The van der Waals surface area contributed by atoms with Gasteiger partial charge < -0.3 is 9.88 Å². The number of carbonyl (C=O) groups excluding carboxylic acids is 1. The predicted molar refractivity (Wildman–Crippen MR) is 97.3 cm³/mol. The van der Waals surface area contributed by atoms with Crippen molar-refractivity contribution < 1.29 is 4.79 Å². The highest BCUT2D eigenvalue weighted by molar-refractivity contribution is 5.93. The van der Waals surface area contributed by atoms with Crippen molar-refractivity contribution in [2.24, 2.45) is 14.1 Å². The molecule has 4 aromatic rings. The maximum absolute atomic E-state index is 12.2. The molecule has 130 valence electrons. The number of hydrogen-bond acceptors (Lipinski definition) is 5. The molecular weight excluding hydrogens is 330 g/mol. The first-order valence-electron chi connectivity index (χ1n) is 8.10. The number of anilines is 1. The molecule has 0 fully saturated rings. The maximum Gasteiger partial charge on any atom is 0.230 e. The summed E-state index contributed by atoms with van der Waals surface area (Å²) in [5.74, 6) is 0.267. The molecule has 1 N–H and O–H groups in total. The average Bonchev–Trinajstić information content (AvgIpc) is 3.22. The van der Waals surface area contributed by atoms with Crippen LogP contribution in [0.3, 0.4) is 0 Å². The highest BCUT2D eigenvalue weighted by atomic mass is 16.1. The quantitative estimate of drug-likeness (QED) is 0.609. The molecule has 3 heterocycles. The van der Waals surface area contributed by atoms with Gasteiger partial charge in [0.2, 0.25) is 5.91 Å². The van der Waals surface area contributed by atoms with Crippen LogP contribution in [0.2, 0.25) is 0 Å². The van der Waals surface area contributed by atoms with Crippen molar-refractivity contribution >= 4 is 22.6 Å². The van der Waals surface area contributed by atoms with Crippen LogP contribution in [0.1, 0.15) is 5.56 Å². The summed E-state index contributed by atoms with van der Waals surface area (Å²) in [4.78, 5) is 16.3. The van der Waals surface area contributed by atoms with Crippen molar-refractivity contribution in [1.29, 1.82) is 0 Å². The fraction of sp³-hybridized carbons (Fsp3) is 0.167. The van der Waals surface area contributed by atoms with E-state index in [4.69, 9.17) is 0 Å². The van der Waals surface area contributed by atoms with E-state index < -0.39 is 0 Å². The second-order valence-corrected chi connectivity index (χ2v) is 6.14. The molecule has 0 bridgehead atoms. The molecule has 0 saturated heterocycles. The molecule has 1 aromatic carbocycles. The second kappa shape index (κ2) is 6.40. The van der Waals surface area contributed by atoms with Crippen LogP contribution in [-0.4, -0.2) is 35.4 Å². The van der Waals surface area contributed by atoms with Gasteiger partial charge in [0.1, 0.15) is 0 Å². The molecule has 3 aromatic heterocycles. The maximum atomic E-state index is 12.2. The highest BCUT2D eigenvalue weighted by Gasteiger charge is 2.09. The van der Waals surface area contributed by atoms with Crippen LogP contribution in [0, 0.1) is 0 Å². The SMILES string of the molecule is Cn1cc(CC(=O)Nc2cc3cc(-c4cncn4C)ccc3nn2)cn1. The number of amides is 1. The first kappa shape index (κ1) is 15.9. The Morgan fingerprint density at radius 2 is 2.04 bits per heavy atom. The largest absolute Gasteiger partial charge is 0.334 e. The van der Waals surface area contributed by atoms with E-state index in [1.807, 2.05) is 55.3 Å². The lowest BCUT2D eigenvalue weighted by molar-refractivity contribution is -0.115. The molecule has 0 unspecified atom stereocenters. The number of hydrogen-bond donors (Lipinski definition) is 1. The van der Waals surface area contributed by atoms with Gasteiger partial charge in [0, 0.05) is 31.2 Å². The van der Waals surface area contributed by atoms with Gasteiger partial charge in [0.25, 0.3) is 0 Å². The Labute approximate surface area is 149 Å². The number of aromatic nitrogens is 6. The molecule has 0 radical (unpaired) electrons. The Balaban J connectivity index is 1.58. The number of nitrogens with zero attached hydrogens (tertiary/aromatic N) is 6. The van der Waals surface area contributed by atoms with Gasteiger partial charge in [-0.2, -0.15) is 5.10 Å². The number of imidazole rings is 1. The Hall–Kier alpha value is -3.55. The molecule has 0 aliphatic carbocycles. The van der Waals surface area contributed by atoms with Crippen LogP contribution >= 0.6 is 0 Å². The van der Waals surface area contributed by atoms with Crippen LogP contribution in [0.5, 0.6) is 0 Å². The number of carbonyl (C=O) groups is 1. The summed E-state index contributed by atoms with van der Waals surface area (Å²) < 4.78 is 3.62. The molecule has 8 nitrogen and oxygen atoms in total. The smallest absolute Gasteiger partial charge is 0.230 e. The molecule has 26 heavy (non-hydrogen) atoms. The van der Waals surface area contributed by atoms with Crippen LogP contribution in [0.25, 0.3) is 22.2 Å². The minimum absolute atomic E-state index is 0.158. The van der Waals surface area contributed by atoms with E-state index in [2.05, 4.69) is 25.6 Å². The van der Waals surface area contributed by atoms with Gasteiger partial charge in [-0.1, -0.05) is 6.07 Å². The fourth-order valence-corrected chi connectivity index (χ4v) is 2.84. The third-order valence-electron chi connectivity index (χ3n) is 4.09. The van der Waals surface area contributed by atoms with Crippen LogP contribution in [0.15, 0.2) is 49.2 Å². The standard InChI is InChI=1S/C18H17N7O/c1-24-11-19-9-16(24)13-3-4-15-14(6-13)7-17(23-22-15)21-18(26)5-12-8-20-25(2)10-12/h3-4,6-11H,5H2,1-2H3,(H,21,23,26). The van der Waals surface area contributed by atoms with Crippen molar-refractivity contribution in [2.75, 3.05) is 5.32 Å². The number of nitrogens with one attached hydrogen (secondary N) is 1. The van der Waals surface area contributed by atoms with Crippen LogP contribution < -0.4 is 5.32 Å². The van der Waals surface area contributed by atoms with Crippen LogP contribution in [0.4, 0.5) is 5.82 Å². The lowest BCUT2D eigenvalue weighted by Crippen LogP contribution is -2.15. The minimum atomic E-state index is -0.158. The summed E-state index contributed by atoms with van der Waals surface area (Å²) in [5.41, 5.74) is 3.64. The zero-order chi connectivity index (χ0) is 18.1. The molecule has 0 aliphatic rings. The summed E-state index contributed by atoms with van der Waals surface area (Å²) >= 11 is 0. The topological polar surface area (TPSA) is 90.5 Å². The summed E-state index contributed by atoms with van der Waals surface area (Å²) in [5, 5.41) is 16.0. The van der Waals surface area contributed by atoms with Gasteiger partial charge in [-0.15, -0.1) is 10.2 Å². The van der Waals surface area contributed by atoms with Crippen molar-refractivity contribution in [3.05, 3.63) is 54.7 Å². The van der Waals surface area contributed by atoms with Gasteiger partial charge in [0.15, 0.2) is 5.82 Å². The zero-order valence-corrected chi connectivity index (χ0v) is 14.4. The fourth-order valence-electron chi connectivity index (χ4n) is 2.84. The van der Waals surface area contributed by atoms with Gasteiger partial charge in [-0.05, 0) is 23.8 Å². The van der Waals surface area contributed by atoms with Gasteiger partial charge >= 0.3 is 0 Å². The van der Waals surface area contributed by atoms with Crippen molar-refractivity contribution in [1.82, 2.24) is 29.5 Å². The van der Waals surface area contributed by atoms with E-state index in [9.17, 15) is 4.79 Å². The molecule has 0 aliphatic heterocycles. The molecule has 8 heteroatoms. The second-order valence-electron chi connectivity index (χ2n) is 6.14. The molecule has 0 spiro atoms. The number of fused-ring (bicyclic) bond motifs is 1. The number of benzene rings is 1. The summed E-state index contributed by atoms with van der Waals surface area (Å²) in [7, 11) is 3.76. The monoisotopic (exact) mass is 347 g/mol. The number of rotatable bonds is 4. The molecule has 0 saturated carbocycles. The van der Waals surface area contributed by atoms with E-state index in [1.165, 1.54) is 0 Å². The lowest BCUT2D eigenvalue weighted by Gasteiger charge is -2.06. The Bertz CT molecular complexity index is 1100. The minimum Gasteiger partial charge on any atom is -0.334 e. The summed E-state index contributed by atoms with van der Waals surface area (Å²) in [6.45, 7) is 0. The Morgan fingerprint density at radius 1 is 1.15 bits per heavy atom. The highest BCUT2D eigenvalue weighted by Crippen LogP contribution is 2.23. The van der Waals surface area contributed by atoms with E-state index in [0.717, 1.165) is 27.7 Å². The zero-order valence-electron chi connectivity index (χ0n) is 14.4. The van der Waals surface area contributed by atoms with E-state index in [-0.39, 0.29) is 12.3 Å². The average molecular weight is 347 g/mol. The first-order valence-corrected chi connectivity index (χ1v) is 8.10. The number of aryl methyl sites for hydroxylation is 2. The van der Waals surface area contributed by atoms with E-state index >= 15 is 0 Å². The lowest BCUT2D eigenvalue weighted by atomic mass is 10.1. The van der Waals surface area contributed by atoms with E-state index in [0.29, 0.717) is 5.82 Å². The molecule has 0 atom stereocenters. The Morgan fingerprint density at radius 3 is 2.77 bits per heavy atom. The first-order chi connectivity index (χ1) is 12.6. The normalized spacial score (nSPS) is 11.0. The van der Waals surface area contributed by atoms with Crippen molar-refractivity contribution in [2.45, 2.75) is 6.42 Å². The summed E-state index contributed by atoms with van der Waals surface area (Å²) in [6.07, 6.45) is 7.29. The molecule has 1 amide bonds. The molecular formula is C18H17N7O. The third kappa shape index (κ3) is 3.16. The molecule has 4 rings (SSSR count). The van der Waals surface area contributed by atoms with Gasteiger partial charge in [-0.25, -0.2) is 4.98 Å². The summed E-state index contributed by atoms with van der Waals surface area (Å²) in [6, 6.07) is 7.72. The van der Waals surface area contributed by atoms with Crippen molar-refractivity contribution in [3.8, 4) is 11.3 Å². The third-order valence-corrected chi connectivity index (χ3v) is 4.09.